The maximum atomic E-state index is 12.1. The lowest BCUT2D eigenvalue weighted by atomic mass is 10.1. The summed E-state index contributed by atoms with van der Waals surface area (Å²) in [5.41, 5.74) is 0.409. The maximum Gasteiger partial charge on any atom is 0.322 e. The molecule has 1 aromatic carbocycles. The lowest BCUT2D eigenvalue weighted by Gasteiger charge is -2.34. The van der Waals surface area contributed by atoms with Crippen LogP contribution < -0.4 is 5.32 Å². The molecule has 0 aliphatic heterocycles. The Morgan fingerprint density at radius 3 is 2.33 bits per heavy atom. The van der Waals surface area contributed by atoms with Gasteiger partial charge in [0.1, 0.15) is 0 Å². The first-order chi connectivity index (χ1) is 8.25. The average molecular weight is 289 g/mol. The molecule has 1 N–H and O–H groups in total. The molecule has 0 bridgehead atoms. The third-order valence-corrected chi connectivity index (χ3v) is 3.28. The van der Waals surface area contributed by atoms with Crippen molar-refractivity contribution in [2.45, 2.75) is 33.2 Å². The van der Waals surface area contributed by atoms with Gasteiger partial charge in [0.2, 0.25) is 0 Å². The van der Waals surface area contributed by atoms with Crippen LogP contribution in [0.15, 0.2) is 18.2 Å². The molecule has 0 fully saturated rings. The molecule has 5 heteroatoms. The van der Waals surface area contributed by atoms with Gasteiger partial charge in [0.15, 0.2) is 0 Å². The van der Waals surface area contributed by atoms with Gasteiger partial charge >= 0.3 is 6.03 Å². The number of urea groups is 1. The number of hydrogen-bond acceptors (Lipinski definition) is 1. The van der Waals surface area contributed by atoms with Crippen molar-refractivity contribution >= 4 is 34.9 Å². The zero-order chi connectivity index (χ0) is 13.9. The fourth-order valence-corrected chi connectivity index (χ4v) is 1.99. The third kappa shape index (κ3) is 3.79. The quantitative estimate of drug-likeness (QED) is 0.844. The molecule has 0 aromatic heterocycles. The highest BCUT2D eigenvalue weighted by molar-refractivity contribution is 6.42. The van der Waals surface area contributed by atoms with Crippen LogP contribution in [0.4, 0.5) is 10.5 Å². The standard InChI is InChI=1S/C13H18Cl2N2O/c1-5-17(13(2,3)4)12(18)16-9-6-7-10(14)11(15)8-9/h6-8H,5H2,1-4H3,(H,16,18). The van der Waals surface area contributed by atoms with Gasteiger partial charge in [-0.25, -0.2) is 4.79 Å². The maximum absolute atomic E-state index is 12.1. The lowest BCUT2D eigenvalue weighted by molar-refractivity contribution is 0.162. The minimum absolute atomic E-state index is 0.150. The summed E-state index contributed by atoms with van der Waals surface area (Å²) < 4.78 is 0. The largest absolute Gasteiger partial charge is 0.322 e. The number of halogens is 2. The van der Waals surface area contributed by atoms with Gasteiger partial charge in [0.05, 0.1) is 10.0 Å². The van der Waals surface area contributed by atoms with E-state index >= 15 is 0 Å². The molecule has 2 amide bonds. The van der Waals surface area contributed by atoms with Crippen LogP contribution in [0.3, 0.4) is 0 Å². The van der Waals surface area contributed by atoms with Crippen LogP contribution in [-0.4, -0.2) is 23.0 Å². The highest BCUT2D eigenvalue weighted by Crippen LogP contribution is 2.25. The normalized spacial score (nSPS) is 11.2. The van der Waals surface area contributed by atoms with Crippen LogP contribution >= 0.6 is 23.2 Å². The predicted molar refractivity (Wildman–Crippen MR) is 77.6 cm³/mol. The highest BCUT2D eigenvalue weighted by Gasteiger charge is 2.24. The van der Waals surface area contributed by atoms with Crippen molar-refractivity contribution in [2.24, 2.45) is 0 Å². The molecule has 0 aliphatic rings. The molecule has 0 atom stereocenters. The van der Waals surface area contributed by atoms with Crippen LogP contribution in [-0.2, 0) is 0 Å². The number of rotatable bonds is 2. The number of hydrogen-bond donors (Lipinski definition) is 1. The Morgan fingerprint density at radius 1 is 1.28 bits per heavy atom. The van der Waals surface area contributed by atoms with E-state index in [4.69, 9.17) is 23.2 Å². The van der Waals surface area contributed by atoms with Gasteiger partial charge in [-0.3, -0.25) is 0 Å². The number of nitrogens with zero attached hydrogens (tertiary/aromatic N) is 1. The third-order valence-electron chi connectivity index (χ3n) is 2.54. The van der Waals surface area contributed by atoms with E-state index in [0.29, 0.717) is 22.3 Å². The second-order valence-corrected chi connectivity index (χ2v) is 5.79. The molecule has 0 heterocycles. The molecule has 0 aliphatic carbocycles. The molecule has 0 unspecified atom stereocenters. The summed E-state index contributed by atoms with van der Waals surface area (Å²) in [5, 5.41) is 3.71. The summed E-state index contributed by atoms with van der Waals surface area (Å²) in [7, 11) is 0. The molecular weight excluding hydrogens is 271 g/mol. The van der Waals surface area contributed by atoms with E-state index in [1.165, 1.54) is 0 Å². The van der Waals surface area contributed by atoms with E-state index in [0.717, 1.165) is 0 Å². The van der Waals surface area contributed by atoms with Crippen LogP contribution in [0, 0.1) is 0 Å². The Labute approximate surface area is 118 Å². The molecule has 1 aromatic rings. The van der Waals surface area contributed by atoms with Gasteiger partial charge in [0, 0.05) is 17.8 Å². The Kier molecular flexibility index (Phi) is 4.88. The molecular formula is C13H18Cl2N2O. The van der Waals surface area contributed by atoms with Gasteiger partial charge in [-0.15, -0.1) is 0 Å². The summed E-state index contributed by atoms with van der Waals surface area (Å²) >= 11 is 11.7. The van der Waals surface area contributed by atoms with Crippen molar-refractivity contribution in [3.63, 3.8) is 0 Å². The molecule has 0 spiro atoms. The summed E-state index contributed by atoms with van der Waals surface area (Å²) in [4.78, 5) is 13.9. The Hall–Kier alpha value is -0.930. The topological polar surface area (TPSA) is 32.3 Å². The second-order valence-electron chi connectivity index (χ2n) is 4.97. The first-order valence-electron chi connectivity index (χ1n) is 5.79. The zero-order valence-electron chi connectivity index (χ0n) is 11.1. The van der Waals surface area contributed by atoms with Crippen molar-refractivity contribution in [2.75, 3.05) is 11.9 Å². The van der Waals surface area contributed by atoms with Crippen LogP contribution in [0.2, 0.25) is 10.0 Å². The number of carbonyl (C=O) groups is 1. The summed E-state index contributed by atoms with van der Waals surface area (Å²) in [5.74, 6) is 0. The van der Waals surface area contributed by atoms with Crippen molar-refractivity contribution in [3.05, 3.63) is 28.2 Å². The minimum Gasteiger partial charge on any atom is -0.320 e. The highest BCUT2D eigenvalue weighted by atomic mass is 35.5. The number of nitrogens with one attached hydrogen (secondary N) is 1. The fraction of sp³-hybridized carbons (Fsp3) is 0.462. The van der Waals surface area contributed by atoms with E-state index in [1.54, 1.807) is 23.1 Å². The zero-order valence-corrected chi connectivity index (χ0v) is 12.6. The van der Waals surface area contributed by atoms with E-state index in [9.17, 15) is 4.79 Å². The lowest BCUT2D eigenvalue weighted by Crippen LogP contribution is -2.47. The number of anilines is 1. The smallest absolute Gasteiger partial charge is 0.320 e. The van der Waals surface area contributed by atoms with Crippen molar-refractivity contribution in [1.82, 2.24) is 4.90 Å². The molecule has 0 saturated heterocycles. The van der Waals surface area contributed by atoms with E-state index in [1.807, 2.05) is 27.7 Å². The Balaban J connectivity index is 2.83. The van der Waals surface area contributed by atoms with Gasteiger partial charge < -0.3 is 10.2 Å². The molecule has 0 saturated carbocycles. The summed E-state index contributed by atoms with van der Waals surface area (Å²) in [6.07, 6.45) is 0. The van der Waals surface area contributed by atoms with Gasteiger partial charge in [0.25, 0.3) is 0 Å². The van der Waals surface area contributed by atoms with E-state index in [2.05, 4.69) is 5.32 Å². The van der Waals surface area contributed by atoms with Gasteiger partial charge in [-0.1, -0.05) is 23.2 Å². The van der Waals surface area contributed by atoms with E-state index in [-0.39, 0.29) is 11.6 Å². The molecule has 0 radical (unpaired) electrons. The van der Waals surface area contributed by atoms with Crippen LogP contribution in [0.5, 0.6) is 0 Å². The van der Waals surface area contributed by atoms with Crippen LogP contribution in [0.25, 0.3) is 0 Å². The van der Waals surface area contributed by atoms with Crippen molar-refractivity contribution in [1.29, 1.82) is 0 Å². The monoisotopic (exact) mass is 288 g/mol. The van der Waals surface area contributed by atoms with Crippen LogP contribution in [0.1, 0.15) is 27.7 Å². The summed E-state index contributed by atoms with van der Waals surface area (Å²) in [6.45, 7) is 8.55. The van der Waals surface area contributed by atoms with Gasteiger partial charge in [-0.2, -0.15) is 0 Å². The SMILES string of the molecule is CCN(C(=O)Nc1ccc(Cl)c(Cl)c1)C(C)(C)C. The number of benzene rings is 1. The van der Waals surface area contributed by atoms with E-state index < -0.39 is 0 Å². The molecule has 1 rings (SSSR count). The molecule has 3 nitrogen and oxygen atoms in total. The van der Waals surface area contributed by atoms with Crippen molar-refractivity contribution in [3.8, 4) is 0 Å². The Bertz CT molecular complexity index is 441. The first kappa shape index (κ1) is 15.1. The number of carbonyl (C=O) groups excluding carboxylic acids is 1. The number of amides is 2. The van der Waals surface area contributed by atoms with Crippen molar-refractivity contribution < 1.29 is 4.79 Å². The predicted octanol–water partition coefficient (Wildman–Crippen LogP) is 4.65. The Morgan fingerprint density at radius 2 is 1.89 bits per heavy atom. The van der Waals surface area contributed by atoms with Gasteiger partial charge in [-0.05, 0) is 45.9 Å². The summed E-state index contributed by atoms with van der Waals surface area (Å²) in [6, 6.07) is 4.87. The average Bonchev–Trinajstić information content (AvgIpc) is 2.22. The second kappa shape index (κ2) is 5.81. The molecule has 18 heavy (non-hydrogen) atoms. The molecule has 100 valence electrons. The minimum atomic E-state index is -0.227. The fourth-order valence-electron chi connectivity index (χ4n) is 1.69. The first-order valence-corrected chi connectivity index (χ1v) is 6.55.